The van der Waals surface area contributed by atoms with Crippen molar-refractivity contribution >= 4 is 21.8 Å². The molecule has 1 heterocycles. The van der Waals surface area contributed by atoms with Gasteiger partial charge in [-0.2, -0.15) is 17.4 Å². The van der Waals surface area contributed by atoms with E-state index in [9.17, 15) is 8.42 Å². The molecule has 1 atom stereocenters. The van der Waals surface area contributed by atoms with E-state index in [1.54, 1.807) is 4.31 Å². The number of rotatable bonds is 6. The molecule has 4 nitrogen and oxygen atoms in total. The number of benzene rings is 1. The molecule has 0 bridgehead atoms. The molecular weight excluding hydrogens is 308 g/mol. The third-order valence-electron chi connectivity index (χ3n) is 3.73. The molecule has 1 aromatic rings. The average molecular weight is 331 g/mol. The van der Waals surface area contributed by atoms with Crippen LogP contribution in [0.3, 0.4) is 0 Å². The first-order chi connectivity index (χ1) is 10.1. The summed E-state index contributed by atoms with van der Waals surface area (Å²) in [4.78, 5) is 0. The summed E-state index contributed by atoms with van der Waals surface area (Å²) in [6.07, 6.45) is 4.69. The molecule has 0 amide bonds. The predicted molar refractivity (Wildman–Crippen MR) is 86.8 cm³/mol. The van der Waals surface area contributed by atoms with Gasteiger partial charge >= 0.3 is 0 Å². The van der Waals surface area contributed by atoms with Crippen molar-refractivity contribution in [3.8, 4) is 0 Å². The lowest BCUT2D eigenvalue weighted by molar-refractivity contribution is 0.409. The van der Waals surface area contributed by atoms with E-state index in [-0.39, 0.29) is 11.9 Å². The number of nitrogens with one attached hydrogen (secondary N) is 1. The van der Waals surface area contributed by atoms with E-state index in [2.05, 4.69) is 4.72 Å². The van der Waals surface area contributed by atoms with Crippen molar-refractivity contribution in [2.75, 3.05) is 19.0 Å². The van der Waals surface area contributed by atoms with Gasteiger partial charge in [-0.05, 0) is 24.8 Å². The van der Waals surface area contributed by atoms with Crippen molar-refractivity contribution in [3.63, 3.8) is 0 Å². The van der Waals surface area contributed by atoms with E-state index in [0.29, 0.717) is 19.5 Å². The number of hydrogen-bond acceptors (Lipinski definition) is 2. The Morgan fingerprint density at radius 3 is 2.29 bits per heavy atom. The van der Waals surface area contributed by atoms with Crippen molar-refractivity contribution in [2.24, 2.45) is 0 Å². The topological polar surface area (TPSA) is 49.4 Å². The van der Waals surface area contributed by atoms with Crippen molar-refractivity contribution in [1.29, 1.82) is 0 Å². The summed E-state index contributed by atoms with van der Waals surface area (Å²) in [7, 11) is -3.44. The highest BCUT2D eigenvalue weighted by Gasteiger charge is 2.25. The van der Waals surface area contributed by atoms with Crippen molar-refractivity contribution in [3.05, 3.63) is 35.9 Å². The average Bonchev–Trinajstić information content (AvgIpc) is 2.77. The van der Waals surface area contributed by atoms with Crippen molar-refractivity contribution < 1.29 is 8.42 Å². The molecule has 118 valence electrons. The normalized spacial score (nSPS) is 19.1. The molecule has 1 aliphatic rings. The molecule has 1 fully saturated rings. The summed E-state index contributed by atoms with van der Waals surface area (Å²) in [5.74, 6) is 0.266. The number of halogens is 1. The third kappa shape index (κ3) is 5.25. The SMILES string of the molecule is O=S(=O)(NC(CCl)Cc1ccccc1)N1CCCCCC1. The van der Waals surface area contributed by atoms with E-state index < -0.39 is 10.2 Å². The minimum Gasteiger partial charge on any atom is -0.198 e. The molecule has 1 unspecified atom stereocenters. The summed E-state index contributed by atoms with van der Waals surface area (Å²) < 4.78 is 29.2. The first-order valence-corrected chi connectivity index (χ1v) is 9.46. The standard InChI is InChI=1S/C15H23ClN2O2S/c16-13-15(12-14-8-4-3-5-9-14)17-21(19,20)18-10-6-1-2-7-11-18/h3-5,8-9,15,17H,1-2,6-7,10-13H2. The van der Waals surface area contributed by atoms with E-state index >= 15 is 0 Å². The molecule has 21 heavy (non-hydrogen) atoms. The molecule has 0 radical (unpaired) electrons. The zero-order chi connectivity index (χ0) is 15.1. The quantitative estimate of drug-likeness (QED) is 0.815. The highest BCUT2D eigenvalue weighted by molar-refractivity contribution is 7.87. The smallest absolute Gasteiger partial charge is 0.198 e. The van der Waals surface area contributed by atoms with Crippen molar-refractivity contribution in [2.45, 2.75) is 38.1 Å². The number of hydrogen-bond donors (Lipinski definition) is 1. The number of nitrogens with zero attached hydrogens (tertiary/aromatic N) is 1. The molecule has 0 aromatic heterocycles. The van der Waals surface area contributed by atoms with Crippen LogP contribution < -0.4 is 4.72 Å². The van der Waals surface area contributed by atoms with E-state index in [1.165, 1.54) is 0 Å². The van der Waals surface area contributed by atoms with Crippen LogP contribution in [0.2, 0.25) is 0 Å². The Morgan fingerprint density at radius 1 is 1.10 bits per heavy atom. The maximum absolute atomic E-state index is 12.5. The van der Waals surface area contributed by atoms with Gasteiger partial charge in [0.2, 0.25) is 0 Å². The zero-order valence-electron chi connectivity index (χ0n) is 12.2. The van der Waals surface area contributed by atoms with Crippen LogP contribution in [-0.2, 0) is 16.6 Å². The first-order valence-electron chi connectivity index (χ1n) is 7.49. The Morgan fingerprint density at radius 2 is 1.71 bits per heavy atom. The summed E-state index contributed by atoms with van der Waals surface area (Å²) in [6.45, 7) is 1.21. The molecule has 1 saturated heterocycles. The van der Waals surface area contributed by atoms with Crippen LogP contribution in [0.4, 0.5) is 0 Å². The Bertz CT molecular complexity index is 514. The molecule has 2 rings (SSSR count). The first kappa shape index (κ1) is 16.7. The highest BCUT2D eigenvalue weighted by atomic mass is 35.5. The van der Waals surface area contributed by atoms with Gasteiger partial charge in [0, 0.05) is 25.0 Å². The Hall–Kier alpha value is -0.620. The van der Waals surface area contributed by atoms with Gasteiger partial charge < -0.3 is 0 Å². The van der Waals surface area contributed by atoms with Crippen LogP contribution in [0.5, 0.6) is 0 Å². The molecule has 1 N–H and O–H groups in total. The largest absolute Gasteiger partial charge is 0.279 e. The molecule has 0 aliphatic carbocycles. The second-order valence-electron chi connectivity index (χ2n) is 5.48. The lowest BCUT2D eigenvalue weighted by Crippen LogP contribution is -2.47. The Balaban J connectivity index is 1.99. The van der Waals surface area contributed by atoms with E-state index in [4.69, 9.17) is 11.6 Å². The van der Waals surface area contributed by atoms with Crippen LogP contribution in [0.1, 0.15) is 31.2 Å². The molecule has 6 heteroatoms. The third-order valence-corrected chi connectivity index (χ3v) is 5.78. The van der Waals surface area contributed by atoms with Gasteiger partial charge in [-0.1, -0.05) is 43.2 Å². The molecule has 1 aromatic carbocycles. The van der Waals surface area contributed by atoms with Crippen LogP contribution in [0.15, 0.2) is 30.3 Å². The maximum Gasteiger partial charge on any atom is 0.279 e. The van der Waals surface area contributed by atoms with Gasteiger partial charge in [0.05, 0.1) is 0 Å². The second kappa shape index (κ2) is 8.13. The fraction of sp³-hybridized carbons (Fsp3) is 0.600. The van der Waals surface area contributed by atoms with Crippen LogP contribution >= 0.6 is 11.6 Å². The van der Waals surface area contributed by atoms with Crippen LogP contribution in [-0.4, -0.2) is 37.7 Å². The van der Waals surface area contributed by atoms with Gasteiger partial charge in [0.25, 0.3) is 10.2 Å². The summed E-state index contributed by atoms with van der Waals surface area (Å²) in [5.41, 5.74) is 1.08. The van der Waals surface area contributed by atoms with E-state index in [1.807, 2.05) is 30.3 Å². The van der Waals surface area contributed by atoms with Crippen LogP contribution in [0.25, 0.3) is 0 Å². The Labute approximate surface area is 132 Å². The highest BCUT2D eigenvalue weighted by Crippen LogP contribution is 2.14. The monoisotopic (exact) mass is 330 g/mol. The van der Waals surface area contributed by atoms with Gasteiger partial charge in [-0.3, -0.25) is 0 Å². The lowest BCUT2D eigenvalue weighted by Gasteiger charge is -2.24. The minimum absolute atomic E-state index is 0.266. The number of alkyl halides is 1. The molecule has 0 spiro atoms. The maximum atomic E-state index is 12.5. The summed E-state index contributed by atoms with van der Waals surface area (Å²) in [5, 5.41) is 0. The summed E-state index contributed by atoms with van der Waals surface area (Å²) >= 11 is 5.95. The van der Waals surface area contributed by atoms with Crippen molar-refractivity contribution in [1.82, 2.24) is 9.03 Å². The van der Waals surface area contributed by atoms with Gasteiger partial charge in [-0.25, -0.2) is 0 Å². The molecular formula is C15H23ClN2O2S. The van der Waals surface area contributed by atoms with Gasteiger partial charge in [-0.15, -0.1) is 11.6 Å². The predicted octanol–water partition coefficient (Wildman–Crippen LogP) is 2.55. The fourth-order valence-corrected chi connectivity index (χ4v) is 4.35. The molecule has 0 saturated carbocycles. The Kier molecular flexibility index (Phi) is 6.48. The van der Waals surface area contributed by atoms with Gasteiger partial charge in [0.1, 0.15) is 0 Å². The van der Waals surface area contributed by atoms with Gasteiger partial charge in [0.15, 0.2) is 0 Å². The van der Waals surface area contributed by atoms with Crippen LogP contribution in [0, 0.1) is 0 Å². The zero-order valence-corrected chi connectivity index (χ0v) is 13.7. The van der Waals surface area contributed by atoms with E-state index in [0.717, 1.165) is 31.2 Å². The lowest BCUT2D eigenvalue weighted by atomic mass is 10.1. The summed E-state index contributed by atoms with van der Waals surface area (Å²) in [6, 6.07) is 9.54. The second-order valence-corrected chi connectivity index (χ2v) is 7.49. The molecule has 1 aliphatic heterocycles. The fourth-order valence-electron chi connectivity index (χ4n) is 2.59. The minimum atomic E-state index is -3.44.